The molecule has 0 aliphatic carbocycles. The van der Waals surface area contributed by atoms with Crippen molar-refractivity contribution in [2.75, 3.05) is 84.0 Å². The van der Waals surface area contributed by atoms with Gasteiger partial charge in [-0.15, -0.1) is 23.5 Å². The van der Waals surface area contributed by atoms with Gasteiger partial charge in [0.25, 0.3) is 0 Å². The predicted molar refractivity (Wildman–Crippen MR) is 475 cm³/mol. The van der Waals surface area contributed by atoms with Crippen molar-refractivity contribution in [3.63, 3.8) is 0 Å². The fourth-order valence-corrected chi connectivity index (χ4v) is 18.7. The van der Waals surface area contributed by atoms with Crippen LogP contribution in [0.25, 0.3) is 0 Å². The number of thioether (sulfide) groups is 2. The number of hydrogen-bond donors (Lipinski definition) is 0. The van der Waals surface area contributed by atoms with Crippen LogP contribution in [-0.4, -0.2) is 59.5 Å². The molecular formula is C95H92Cl5F3N10O2S2. The van der Waals surface area contributed by atoms with E-state index in [1.807, 2.05) is 118 Å². The predicted octanol–water partition coefficient (Wildman–Crippen LogP) is 26.8. The highest BCUT2D eigenvalue weighted by Crippen LogP contribution is 2.49. The molecule has 0 radical (unpaired) electrons. The molecule has 0 spiro atoms. The van der Waals surface area contributed by atoms with E-state index in [0.29, 0.717) is 84.0 Å². The molecular weight excluding hydrogens is 1610 g/mol. The van der Waals surface area contributed by atoms with Crippen LogP contribution in [0.1, 0.15) is 183 Å². The lowest BCUT2D eigenvalue weighted by Gasteiger charge is -2.30. The van der Waals surface area contributed by atoms with Crippen LogP contribution in [0.15, 0.2) is 192 Å². The van der Waals surface area contributed by atoms with E-state index in [9.17, 15) is 13.2 Å². The summed E-state index contributed by atoms with van der Waals surface area (Å²) < 4.78 is 51.0. The summed E-state index contributed by atoms with van der Waals surface area (Å²) >= 11 is 35.2. The lowest BCUT2D eigenvalue weighted by molar-refractivity contribution is -0.138. The van der Waals surface area contributed by atoms with Gasteiger partial charge in [0.2, 0.25) is 0 Å². The van der Waals surface area contributed by atoms with Crippen molar-refractivity contribution in [2.24, 2.45) is 0 Å². The number of halogens is 8. The summed E-state index contributed by atoms with van der Waals surface area (Å²) in [5.41, 5.74) is 17.4. The van der Waals surface area contributed by atoms with Gasteiger partial charge in [0, 0.05) is 76.5 Å². The first kappa shape index (κ1) is 88.0. The van der Waals surface area contributed by atoms with Gasteiger partial charge >= 0.3 is 6.18 Å². The molecule has 5 aliphatic heterocycles. The van der Waals surface area contributed by atoms with Crippen LogP contribution >= 0.6 is 81.5 Å². The van der Waals surface area contributed by atoms with Crippen LogP contribution < -0.4 is 34.0 Å². The standard InChI is InChI=1S/C19H16ClF3N2.2C19H19ClN2O.2C19H19ClN2S/c1-12-16(9-8-13(11-24)18(12)20)25-10-4-7-17(25)14-5-2-3-6-15(14)19(21,22)23;1-13-17(10-7-15(12-21)19(13)20)22-11-3-4-18(22)14-5-8-16(23-2)9-6-14;1-13-16(10-9-14(12-21)19(13)20)22-11-5-7-17(22)15-6-3-4-8-18(15)23-2;1-13-17(9-8-15(12-21)19(13)20)22-10-4-7-18(22)14-5-3-6-16(11-14)23-2;1-13-17(10-7-15(12-21)19(13)20)22-11-3-4-18(22)14-5-8-16(23-2)9-6-14/h2-3,5-6,8-9,17H,4,7,10H2,1H3;5-10,18H,3-4,11H2,1-2H3;3-4,6,8-10,17H,5,7,11H2,1-2H3;3,5-6,8-9,11,18H,4,7,10H2,1-2H3;5-10,18H,3-4,11H2,1-2H3. The molecule has 0 saturated carbocycles. The summed E-state index contributed by atoms with van der Waals surface area (Å²) in [6.45, 7) is 14.5. The monoisotopic (exact) mass is 1700 g/mol. The van der Waals surface area contributed by atoms with Crippen LogP contribution in [0.3, 0.4) is 0 Å². The SMILES string of the molecule is COc1ccc(C2CCCN2c2ccc(C#N)c(Cl)c2C)cc1.COc1ccccc1C1CCCN1c1ccc(C#N)c(Cl)c1C.CSc1ccc(C2CCCN2c2ccc(C#N)c(Cl)c2C)cc1.CSc1cccc(C2CCCN2c2ccc(C#N)c(Cl)c2C)c1.Cc1c(N2CCCC2c2ccccc2C(F)(F)F)ccc(C#N)c1Cl. The number of anilines is 5. The quantitative estimate of drug-likeness (QED) is 0.0949. The molecule has 0 aromatic heterocycles. The molecule has 5 aliphatic rings. The Morgan fingerprint density at radius 3 is 1.01 bits per heavy atom. The van der Waals surface area contributed by atoms with E-state index in [2.05, 4.69) is 123 Å². The topological polar surface area (TPSA) is 154 Å². The van der Waals surface area contributed by atoms with Gasteiger partial charge in [0.05, 0.1) is 103 Å². The van der Waals surface area contributed by atoms with Gasteiger partial charge in [-0.05, 0) is 271 Å². The number of alkyl halides is 3. The highest BCUT2D eigenvalue weighted by atomic mass is 35.5. The lowest BCUT2D eigenvalue weighted by atomic mass is 9.97. The summed E-state index contributed by atoms with van der Waals surface area (Å²) in [6.07, 6.45) is 10.4. The summed E-state index contributed by atoms with van der Waals surface area (Å²) in [4.78, 5) is 14.2. The molecule has 22 heteroatoms. The first-order valence-corrected chi connectivity index (χ1v) is 43.3. The highest BCUT2D eigenvalue weighted by Gasteiger charge is 2.39. The number of para-hydroxylation sites is 1. The minimum Gasteiger partial charge on any atom is -0.497 e. The summed E-state index contributed by atoms with van der Waals surface area (Å²) in [5.74, 6) is 1.79. The van der Waals surface area contributed by atoms with E-state index in [-0.39, 0.29) is 17.6 Å². The van der Waals surface area contributed by atoms with E-state index in [1.165, 1.54) is 51.0 Å². The largest absolute Gasteiger partial charge is 0.497 e. The molecule has 5 unspecified atom stereocenters. The Balaban J connectivity index is 0.000000144. The smallest absolute Gasteiger partial charge is 0.416 e. The molecule has 10 aromatic carbocycles. The van der Waals surface area contributed by atoms with Gasteiger partial charge in [-0.3, -0.25) is 0 Å². The second kappa shape index (κ2) is 40.6. The highest BCUT2D eigenvalue weighted by molar-refractivity contribution is 7.98. The van der Waals surface area contributed by atoms with Crippen molar-refractivity contribution in [2.45, 2.75) is 145 Å². The van der Waals surface area contributed by atoms with Gasteiger partial charge in [-0.2, -0.15) is 39.5 Å². The van der Waals surface area contributed by atoms with E-state index in [4.69, 9.17) is 93.8 Å². The molecule has 15 rings (SSSR count). The maximum Gasteiger partial charge on any atom is 0.416 e. The third kappa shape index (κ3) is 19.8. The first-order chi connectivity index (χ1) is 56.5. The zero-order chi connectivity index (χ0) is 83.8. The van der Waals surface area contributed by atoms with Crippen molar-refractivity contribution >= 4 is 110 Å². The molecule has 5 atom stereocenters. The first-order valence-electron chi connectivity index (χ1n) is 39.0. The second-order valence-corrected chi connectivity index (χ2v) is 33.0. The molecule has 0 N–H and O–H groups in total. The van der Waals surface area contributed by atoms with E-state index in [1.54, 1.807) is 68.9 Å². The summed E-state index contributed by atoms with van der Waals surface area (Å²) in [7, 11) is 3.39. The van der Waals surface area contributed by atoms with Crippen LogP contribution in [0.4, 0.5) is 41.6 Å². The van der Waals surface area contributed by atoms with Crippen LogP contribution in [0.5, 0.6) is 11.5 Å². The van der Waals surface area contributed by atoms with Crippen LogP contribution in [0.2, 0.25) is 25.1 Å². The molecule has 0 bridgehead atoms. The minimum absolute atomic E-state index is 0.272. The third-order valence-corrected chi connectivity index (χ3v) is 26.7. The number of rotatable bonds is 14. The normalized spacial score (nSPS) is 17.3. The van der Waals surface area contributed by atoms with E-state index < -0.39 is 11.7 Å². The third-order valence-electron chi connectivity index (χ3n) is 22.8. The van der Waals surface area contributed by atoms with Crippen molar-refractivity contribution in [1.29, 1.82) is 26.3 Å². The number of ether oxygens (including phenoxy) is 2. The Morgan fingerprint density at radius 2 is 0.667 bits per heavy atom. The number of nitriles is 5. The molecule has 0 amide bonds. The minimum atomic E-state index is -4.39. The van der Waals surface area contributed by atoms with Crippen molar-refractivity contribution in [3.8, 4) is 41.8 Å². The average molecular weight is 1700 g/mol. The Morgan fingerprint density at radius 1 is 0.350 bits per heavy atom. The Bertz CT molecular complexity index is 5300. The van der Waals surface area contributed by atoms with Gasteiger partial charge in [-0.25, -0.2) is 0 Å². The average Bonchev–Trinajstić information content (AvgIpc) is 1.71. The second-order valence-electron chi connectivity index (χ2n) is 29.3. The van der Waals surface area contributed by atoms with Crippen molar-refractivity contribution in [3.05, 3.63) is 296 Å². The number of benzene rings is 10. The zero-order valence-electron chi connectivity index (χ0n) is 66.9. The van der Waals surface area contributed by atoms with Crippen molar-refractivity contribution in [1.82, 2.24) is 0 Å². The molecule has 12 nitrogen and oxygen atoms in total. The number of methoxy groups -OCH3 is 2. The van der Waals surface area contributed by atoms with Crippen LogP contribution in [0, 0.1) is 91.3 Å². The molecule has 10 aromatic rings. The molecule has 5 heterocycles. The zero-order valence-corrected chi connectivity index (χ0v) is 72.4. The summed E-state index contributed by atoms with van der Waals surface area (Å²) in [6, 6.07) is 70.2. The summed E-state index contributed by atoms with van der Waals surface area (Å²) in [5, 5.41) is 48.2. The maximum absolute atomic E-state index is 13.4. The van der Waals surface area contributed by atoms with E-state index in [0.717, 1.165) is 145 Å². The lowest BCUT2D eigenvalue weighted by Crippen LogP contribution is -2.25. The van der Waals surface area contributed by atoms with E-state index >= 15 is 0 Å². The Kier molecular flexibility index (Phi) is 30.5. The number of hydrogen-bond acceptors (Lipinski definition) is 14. The van der Waals surface area contributed by atoms with Crippen molar-refractivity contribution < 1.29 is 22.6 Å². The molecule has 117 heavy (non-hydrogen) atoms. The fraction of sp³-hybridized carbons (Fsp3) is 0.316. The fourth-order valence-electron chi connectivity index (χ4n) is 16.8. The Hall–Kier alpha value is -9.81. The molecule has 602 valence electrons. The molecule has 5 saturated heterocycles. The van der Waals surface area contributed by atoms with Gasteiger partial charge in [0.1, 0.15) is 41.8 Å². The van der Waals surface area contributed by atoms with Gasteiger partial charge in [0.15, 0.2) is 0 Å². The Labute approximate surface area is 720 Å². The van der Waals surface area contributed by atoms with Gasteiger partial charge < -0.3 is 34.0 Å². The number of nitrogens with zero attached hydrogens (tertiary/aromatic N) is 10. The van der Waals surface area contributed by atoms with Crippen LogP contribution in [-0.2, 0) is 6.18 Å². The van der Waals surface area contributed by atoms with Gasteiger partial charge in [-0.1, -0.05) is 131 Å². The maximum atomic E-state index is 13.4. The molecule has 5 fully saturated rings.